The Bertz CT molecular complexity index is 690. The number of nitrogen functional groups attached to an aromatic ring is 1. The number of aromatic nitrogens is 1. The van der Waals surface area contributed by atoms with Gasteiger partial charge in [0, 0.05) is 35.8 Å². The first-order valence-electron chi connectivity index (χ1n) is 6.34. The van der Waals surface area contributed by atoms with Crippen LogP contribution in [0.2, 0.25) is 0 Å². The molecule has 0 atom stereocenters. The van der Waals surface area contributed by atoms with E-state index in [2.05, 4.69) is 4.98 Å². The smallest absolute Gasteiger partial charge is 0.235 e. The molecule has 2 aromatic rings. The van der Waals surface area contributed by atoms with Gasteiger partial charge in [0.05, 0.1) is 11.4 Å². The van der Waals surface area contributed by atoms with Crippen LogP contribution in [0.5, 0.6) is 0 Å². The molecule has 2 rings (SSSR count). The minimum Gasteiger partial charge on any atom is -0.398 e. The highest BCUT2D eigenvalue weighted by Gasteiger charge is 2.18. The second-order valence-corrected chi connectivity index (χ2v) is 7.63. The fourth-order valence-electron chi connectivity index (χ4n) is 1.72. The number of pyridine rings is 1. The number of benzene rings is 1. The first kappa shape index (κ1) is 15.7. The van der Waals surface area contributed by atoms with Crippen molar-refractivity contribution < 1.29 is 8.42 Å². The van der Waals surface area contributed by atoms with Crippen molar-refractivity contribution in [2.45, 2.75) is 4.90 Å². The van der Waals surface area contributed by atoms with Crippen LogP contribution in [-0.2, 0) is 10.0 Å². The van der Waals surface area contributed by atoms with Crippen LogP contribution in [0, 0.1) is 0 Å². The van der Waals surface area contributed by atoms with Crippen LogP contribution in [0.3, 0.4) is 0 Å². The van der Waals surface area contributed by atoms with E-state index in [4.69, 9.17) is 5.73 Å². The second-order valence-electron chi connectivity index (χ2n) is 4.38. The van der Waals surface area contributed by atoms with E-state index in [9.17, 15) is 8.42 Å². The maximum Gasteiger partial charge on any atom is 0.235 e. The topological polar surface area (TPSA) is 76.3 Å². The Balaban J connectivity index is 1.97. The number of para-hydroxylation sites is 1. The van der Waals surface area contributed by atoms with Gasteiger partial charge in [-0.3, -0.25) is 9.29 Å². The van der Waals surface area contributed by atoms with E-state index in [-0.39, 0.29) is 5.75 Å². The molecule has 0 aliphatic heterocycles. The maximum atomic E-state index is 12.3. The number of nitrogens with two attached hydrogens (primary N) is 1. The second kappa shape index (κ2) is 6.82. The third kappa shape index (κ3) is 4.12. The van der Waals surface area contributed by atoms with Crippen molar-refractivity contribution in [1.82, 2.24) is 4.98 Å². The standard InChI is InChI=1S/C14H17N3O2S2/c1-17(12-6-8-16-9-7-12)21(18,19)11-10-20-14-5-3-2-4-13(14)15/h2-9H,10-11,15H2,1H3. The number of sulfonamides is 1. The largest absolute Gasteiger partial charge is 0.398 e. The zero-order valence-corrected chi connectivity index (χ0v) is 13.3. The molecule has 112 valence electrons. The average Bonchev–Trinajstić information content (AvgIpc) is 2.49. The van der Waals surface area contributed by atoms with E-state index in [1.54, 1.807) is 37.6 Å². The van der Waals surface area contributed by atoms with Gasteiger partial charge in [-0.05, 0) is 24.3 Å². The van der Waals surface area contributed by atoms with Crippen LogP contribution in [0.15, 0.2) is 53.7 Å². The van der Waals surface area contributed by atoms with Crippen LogP contribution >= 0.6 is 11.8 Å². The molecule has 0 spiro atoms. The van der Waals surface area contributed by atoms with Crippen LogP contribution in [0.4, 0.5) is 11.4 Å². The summed E-state index contributed by atoms with van der Waals surface area (Å²) in [6.45, 7) is 0. The molecule has 0 radical (unpaired) electrons. The minimum atomic E-state index is -3.35. The lowest BCUT2D eigenvalue weighted by Crippen LogP contribution is -2.29. The van der Waals surface area contributed by atoms with Crippen molar-refractivity contribution in [2.24, 2.45) is 0 Å². The molecule has 0 amide bonds. The molecule has 5 nitrogen and oxygen atoms in total. The lowest BCUT2D eigenvalue weighted by Gasteiger charge is -2.19. The van der Waals surface area contributed by atoms with Crippen LogP contribution in [0.1, 0.15) is 0 Å². The van der Waals surface area contributed by atoms with Gasteiger partial charge in [0.2, 0.25) is 10.0 Å². The lowest BCUT2D eigenvalue weighted by molar-refractivity contribution is 0.596. The molecule has 0 aliphatic carbocycles. The highest BCUT2D eigenvalue weighted by atomic mass is 32.2. The predicted molar refractivity (Wildman–Crippen MR) is 88.0 cm³/mol. The molecular weight excluding hydrogens is 306 g/mol. The number of hydrogen-bond donors (Lipinski definition) is 1. The van der Waals surface area contributed by atoms with E-state index < -0.39 is 10.0 Å². The Morgan fingerprint density at radius 3 is 2.52 bits per heavy atom. The van der Waals surface area contributed by atoms with E-state index >= 15 is 0 Å². The Labute approximate surface area is 129 Å². The predicted octanol–water partition coefficient (Wildman–Crippen LogP) is 2.22. The van der Waals surface area contributed by atoms with Gasteiger partial charge in [-0.2, -0.15) is 0 Å². The van der Waals surface area contributed by atoms with Crippen LogP contribution < -0.4 is 10.0 Å². The summed E-state index contributed by atoms with van der Waals surface area (Å²) in [5.41, 5.74) is 7.11. The molecule has 2 N–H and O–H groups in total. The van der Waals surface area contributed by atoms with Gasteiger partial charge in [0.25, 0.3) is 0 Å². The first-order valence-corrected chi connectivity index (χ1v) is 8.94. The van der Waals surface area contributed by atoms with Gasteiger partial charge in [0.1, 0.15) is 0 Å². The Morgan fingerprint density at radius 2 is 1.86 bits per heavy atom. The third-order valence-corrected chi connectivity index (χ3v) is 6.08. The molecule has 0 aliphatic rings. The van der Waals surface area contributed by atoms with Crippen molar-refractivity contribution >= 4 is 33.2 Å². The summed E-state index contributed by atoms with van der Waals surface area (Å²) in [4.78, 5) is 4.78. The first-order chi connectivity index (χ1) is 10.0. The molecule has 0 saturated carbocycles. The molecule has 0 fully saturated rings. The monoisotopic (exact) mass is 323 g/mol. The van der Waals surface area contributed by atoms with Gasteiger partial charge >= 0.3 is 0 Å². The van der Waals surface area contributed by atoms with E-state index in [1.165, 1.54) is 16.1 Å². The van der Waals surface area contributed by atoms with E-state index in [1.807, 2.05) is 18.2 Å². The van der Waals surface area contributed by atoms with Gasteiger partial charge in [-0.15, -0.1) is 11.8 Å². The Morgan fingerprint density at radius 1 is 1.19 bits per heavy atom. The van der Waals surface area contributed by atoms with Crippen molar-refractivity contribution in [2.75, 3.05) is 28.6 Å². The zero-order chi connectivity index (χ0) is 15.3. The van der Waals surface area contributed by atoms with Gasteiger partial charge in [0.15, 0.2) is 0 Å². The number of rotatable bonds is 6. The van der Waals surface area contributed by atoms with Crippen molar-refractivity contribution in [1.29, 1.82) is 0 Å². The molecule has 1 aromatic heterocycles. The zero-order valence-electron chi connectivity index (χ0n) is 11.6. The number of nitrogens with zero attached hydrogens (tertiary/aromatic N) is 2. The molecule has 0 unspecified atom stereocenters. The van der Waals surface area contributed by atoms with Gasteiger partial charge < -0.3 is 5.73 Å². The summed E-state index contributed by atoms with van der Waals surface area (Å²) in [6.07, 6.45) is 3.14. The molecule has 7 heteroatoms. The molecule has 21 heavy (non-hydrogen) atoms. The maximum absolute atomic E-state index is 12.3. The number of anilines is 2. The van der Waals surface area contributed by atoms with Crippen molar-refractivity contribution in [3.8, 4) is 0 Å². The molecule has 0 saturated heterocycles. The Hall–Kier alpha value is -1.73. The van der Waals surface area contributed by atoms with E-state index in [0.717, 1.165) is 4.90 Å². The van der Waals surface area contributed by atoms with E-state index in [0.29, 0.717) is 17.1 Å². The fourth-order valence-corrected chi connectivity index (χ4v) is 4.24. The molecule has 1 heterocycles. The van der Waals surface area contributed by atoms with Crippen LogP contribution in [-0.4, -0.2) is 32.0 Å². The molecular formula is C14H17N3O2S2. The normalized spacial score (nSPS) is 11.3. The number of thioether (sulfide) groups is 1. The number of hydrogen-bond acceptors (Lipinski definition) is 5. The van der Waals surface area contributed by atoms with Gasteiger partial charge in [-0.1, -0.05) is 12.1 Å². The van der Waals surface area contributed by atoms with Gasteiger partial charge in [-0.25, -0.2) is 8.42 Å². The average molecular weight is 323 g/mol. The lowest BCUT2D eigenvalue weighted by atomic mass is 10.3. The van der Waals surface area contributed by atoms with Crippen LogP contribution in [0.25, 0.3) is 0 Å². The minimum absolute atomic E-state index is 0.0465. The van der Waals surface area contributed by atoms with Crippen molar-refractivity contribution in [3.05, 3.63) is 48.8 Å². The Kier molecular flexibility index (Phi) is 5.08. The third-order valence-electron chi connectivity index (χ3n) is 2.96. The highest BCUT2D eigenvalue weighted by Crippen LogP contribution is 2.25. The fraction of sp³-hybridized carbons (Fsp3) is 0.214. The molecule has 0 bridgehead atoms. The molecule has 1 aromatic carbocycles. The summed E-state index contributed by atoms with van der Waals surface area (Å²) >= 11 is 1.44. The summed E-state index contributed by atoms with van der Waals surface area (Å²) < 4.78 is 25.8. The SMILES string of the molecule is CN(c1ccncc1)S(=O)(=O)CCSc1ccccc1N. The summed E-state index contributed by atoms with van der Waals surface area (Å²) in [5.74, 6) is 0.497. The summed E-state index contributed by atoms with van der Waals surface area (Å²) in [5, 5.41) is 0. The summed E-state index contributed by atoms with van der Waals surface area (Å²) in [7, 11) is -1.80. The highest BCUT2D eigenvalue weighted by molar-refractivity contribution is 8.01. The van der Waals surface area contributed by atoms with Crippen molar-refractivity contribution in [3.63, 3.8) is 0 Å². The quantitative estimate of drug-likeness (QED) is 0.651. The summed E-state index contributed by atoms with van der Waals surface area (Å²) in [6, 6.07) is 10.8.